The first kappa shape index (κ1) is 11.2. The fourth-order valence-electron chi connectivity index (χ4n) is 1.83. The van der Waals surface area contributed by atoms with Gasteiger partial charge < -0.3 is 9.72 Å². The van der Waals surface area contributed by atoms with Crippen LogP contribution in [-0.4, -0.2) is 17.6 Å². The van der Waals surface area contributed by atoms with Crippen molar-refractivity contribution in [1.29, 1.82) is 0 Å². The zero-order valence-corrected chi connectivity index (χ0v) is 10.7. The maximum Gasteiger partial charge on any atom is 0.341 e. The van der Waals surface area contributed by atoms with Gasteiger partial charge in [-0.3, -0.25) is 0 Å². The normalized spacial score (nSPS) is 11.0. The summed E-state index contributed by atoms with van der Waals surface area (Å²) in [7, 11) is 0. The van der Waals surface area contributed by atoms with Crippen LogP contribution in [0.1, 0.15) is 33.4 Å². The number of rotatable bonds is 2. The minimum absolute atomic E-state index is 0.229. The van der Waals surface area contributed by atoms with Gasteiger partial charge in [0.15, 0.2) is 0 Å². The molecule has 1 N–H and O–H groups in total. The Morgan fingerprint density at radius 1 is 1.38 bits per heavy atom. The second-order valence-electron chi connectivity index (χ2n) is 3.83. The molecule has 86 valence electrons. The van der Waals surface area contributed by atoms with Gasteiger partial charge in [-0.2, -0.15) is 0 Å². The van der Waals surface area contributed by atoms with E-state index in [1.807, 2.05) is 20.8 Å². The third kappa shape index (κ3) is 1.53. The lowest BCUT2D eigenvalue weighted by Gasteiger charge is -2.00. The number of hydrogen-bond donors (Lipinski definition) is 1. The molecule has 2 aromatic heterocycles. The second kappa shape index (κ2) is 3.94. The zero-order valence-electron chi connectivity index (χ0n) is 9.93. The maximum atomic E-state index is 11.8. The molecule has 0 fully saturated rings. The second-order valence-corrected chi connectivity index (χ2v) is 5.06. The highest BCUT2D eigenvalue weighted by atomic mass is 32.1. The summed E-state index contributed by atoms with van der Waals surface area (Å²) in [5.74, 6) is -0.229. The summed E-state index contributed by atoms with van der Waals surface area (Å²) in [5, 5.41) is 0. The van der Waals surface area contributed by atoms with Crippen LogP contribution in [0.3, 0.4) is 0 Å². The van der Waals surface area contributed by atoms with E-state index in [4.69, 9.17) is 4.74 Å². The number of fused-ring (bicyclic) bond motifs is 1. The average Bonchev–Trinajstić information content (AvgIpc) is 2.66. The Hall–Kier alpha value is -1.29. The van der Waals surface area contributed by atoms with Crippen molar-refractivity contribution >= 4 is 27.5 Å². The molecule has 2 heterocycles. The topological polar surface area (TPSA) is 42.1 Å². The molecule has 2 rings (SSSR count). The third-order valence-electron chi connectivity index (χ3n) is 2.78. The number of esters is 1. The fourth-order valence-corrected chi connectivity index (χ4v) is 2.98. The zero-order chi connectivity index (χ0) is 11.9. The van der Waals surface area contributed by atoms with Crippen LogP contribution < -0.4 is 0 Å². The Kier molecular flexibility index (Phi) is 2.76. The van der Waals surface area contributed by atoms with Crippen molar-refractivity contribution in [1.82, 2.24) is 4.98 Å². The van der Waals surface area contributed by atoms with E-state index >= 15 is 0 Å². The van der Waals surface area contributed by atoms with Crippen LogP contribution in [0.4, 0.5) is 0 Å². The van der Waals surface area contributed by atoms with Crippen LogP contribution in [-0.2, 0) is 4.74 Å². The minimum atomic E-state index is -0.229. The van der Waals surface area contributed by atoms with Crippen molar-refractivity contribution in [3.05, 3.63) is 21.7 Å². The SMILES string of the molecule is CCOC(=O)c1c(C)sc2c(C)c(C)[nH]c12. The van der Waals surface area contributed by atoms with Crippen LogP contribution >= 0.6 is 11.3 Å². The molecule has 0 aliphatic heterocycles. The first-order valence-electron chi connectivity index (χ1n) is 5.31. The van der Waals surface area contributed by atoms with Crippen molar-refractivity contribution < 1.29 is 9.53 Å². The van der Waals surface area contributed by atoms with Gasteiger partial charge in [0.25, 0.3) is 0 Å². The number of thiophene rings is 1. The maximum absolute atomic E-state index is 11.8. The highest BCUT2D eigenvalue weighted by molar-refractivity contribution is 7.19. The monoisotopic (exact) mass is 237 g/mol. The highest BCUT2D eigenvalue weighted by Crippen LogP contribution is 2.34. The predicted octanol–water partition coefficient (Wildman–Crippen LogP) is 3.33. The molecular formula is C12H15NO2S. The molecule has 0 amide bonds. The first-order valence-corrected chi connectivity index (χ1v) is 6.13. The molecule has 0 aromatic carbocycles. The lowest BCUT2D eigenvalue weighted by Crippen LogP contribution is -2.05. The average molecular weight is 237 g/mol. The molecule has 0 atom stereocenters. The number of ether oxygens (including phenoxy) is 1. The highest BCUT2D eigenvalue weighted by Gasteiger charge is 2.20. The van der Waals surface area contributed by atoms with Gasteiger partial charge in [-0.05, 0) is 33.3 Å². The third-order valence-corrected chi connectivity index (χ3v) is 4.00. The van der Waals surface area contributed by atoms with E-state index in [1.165, 1.54) is 5.56 Å². The number of aromatic nitrogens is 1. The van der Waals surface area contributed by atoms with E-state index in [0.717, 1.165) is 20.8 Å². The molecule has 0 radical (unpaired) electrons. The van der Waals surface area contributed by atoms with Gasteiger partial charge in [-0.1, -0.05) is 0 Å². The van der Waals surface area contributed by atoms with E-state index in [1.54, 1.807) is 11.3 Å². The van der Waals surface area contributed by atoms with E-state index in [-0.39, 0.29) is 5.97 Å². The quantitative estimate of drug-likeness (QED) is 0.814. The van der Waals surface area contributed by atoms with Gasteiger partial charge in [-0.15, -0.1) is 11.3 Å². The smallest absolute Gasteiger partial charge is 0.341 e. The lowest BCUT2D eigenvalue weighted by atomic mass is 10.2. The summed E-state index contributed by atoms with van der Waals surface area (Å²) in [6.45, 7) is 8.28. The molecular weight excluding hydrogens is 222 g/mol. The van der Waals surface area contributed by atoms with Crippen molar-refractivity contribution in [2.75, 3.05) is 6.61 Å². The summed E-state index contributed by atoms with van der Waals surface area (Å²) >= 11 is 1.65. The minimum Gasteiger partial charge on any atom is -0.462 e. The van der Waals surface area contributed by atoms with Crippen LogP contribution in [0.25, 0.3) is 10.2 Å². The molecule has 0 saturated carbocycles. The Morgan fingerprint density at radius 3 is 2.69 bits per heavy atom. The Labute approximate surface area is 98.4 Å². The summed E-state index contributed by atoms with van der Waals surface area (Å²) in [5.41, 5.74) is 3.96. The molecule has 2 aromatic rings. The Balaban J connectivity index is 2.64. The summed E-state index contributed by atoms with van der Waals surface area (Å²) in [6.07, 6.45) is 0. The predicted molar refractivity (Wildman–Crippen MR) is 66.3 cm³/mol. The largest absolute Gasteiger partial charge is 0.462 e. The van der Waals surface area contributed by atoms with Crippen molar-refractivity contribution in [2.45, 2.75) is 27.7 Å². The van der Waals surface area contributed by atoms with Gasteiger partial charge in [0.2, 0.25) is 0 Å². The number of aromatic amines is 1. The molecule has 0 unspecified atom stereocenters. The van der Waals surface area contributed by atoms with Crippen molar-refractivity contribution in [3.8, 4) is 0 Å². The molecule has 4 heteroatoms. The van der Waals surface area contributed by atoms with Crippen LogP contribution in [0.15, 0.2) is 0 Å². The molecule has 0 spiro atoms. The molecule has 0 bridgehead atoms. The van der Waals surface area contributed by atoms with E-state index in [9.17, 15) is 4.79 Å². The number of carbonyl (C=O) groups is 1. The summed E-state index contributed by atoms with van der Waals surface area (Å²) in [4.78, 5) is 16.1. The van der Waals surface area contributed by atoms with E-state index < -0.39 is 0 Å². The number of carbonyl (C=O) groups excluding carboxylic acids is 1. The van der Waals surface area contributed by atoms with Crippen LogP contribution in [0.5, 0.6) is 0 Å². The van der Waals surface area contributed by atoms with E-state index in [0.29, 0.717) is 12.2 Å². The molecule has 3 nitrogen and oxygen atoms in total. The fraction of sp³-hybridized carbons (Fsp3) is 0.417. The summed E-state index contributed by atoms with van der Waals surface area (Å²) < 4.78 is 6.24. The molecule has 16 heavy (non-hydrogen) atoms. The van der Waals surface area contributed by atoms with Gasteiger partial charge >= 0.3 is 5.97 Å². The molecule has 0 aliphatic carbocycles. The van der Waals surface area contributed by atoms with Crippen LogP contribution in [0, 0.1) is 20.8 Å². The van der Waals surface area contributed by atoms with Crippen molar-refractivity contribution in [2.24, 2.45) is 0 Å². The van der Waals surface area contributed by atoms with Crippen molar-refractivity contribution in [3.63, 3.8) is 0 Å². The van der Waals surface area contributed by atoms with E-state index in [2.05, 4.69) is 11.9 Å². The summed E-state index contributed by atoms with van der Waals surface area (Å²) in [6, 6.07) is 0. The van der Waals surface area contributed by atoms with Gasteiger partial charge in [0, 0.05) is 10.6 Å². The number of hydrogen-bond acceptors (Lipinski definition) is 3. The van der Waals surface area contributed by atoms with Crippen LogP contribution in [0.2, 0.25) is 0 Å². The Bertz CT molecular complexity index is 551. The lowest BCUT2D eigenvalue weighted by molar-refractivity contribution is 0.0528. The number of nitrogens with one attached hydrogen (secondary N) is 1. The van der Waals surface area contributed by atoms with Gasteiger partial charge in [-0.25, -0.2) is 4.79 Å². The number of aryl methyl sites for hydroxylation is 3. The molecule has 0 aliphatic rings. The van der Waals surface area contributed by atoms with Gasteiger partial charge in [0.05, 0.1) is 22.4 Å². The first-order chi connectivity index (χ1) is 7.56. The molecule has 0 saturated heterocycles. The number of H-pyrrole nitrogens is 1. The standard InChI is InChI=1S/C12H15NO2S/c1-5-15-12(14)9-8(4)16-11-6(2)7(3)13-10(9)11/h13H,5H2,1-4H3. The van der Waals surface area contributed by atoms with Gasteiger partial charge in [0.1, 0.15) is 0 Å². The Morgan fingerprint density at radius 2 is 2.06 bits per heavy atom.